The van der Waals surface area contributed by atoms with Crippen molar-refractivity contribution < 1.29 is 4.79 Å². The van der Waals surface area contributed by atoms with Crippen LogP contribution in [0.1, 0.15) is 12.5 Å². The molecule has 12 heavy (non-hydrogen) atoms. The quantitative estimate of drug-likeness (QED) is 0.627. The fraction of sp³-hybridized carbons (Fsp3) is 0.125. The first-order valence-corrected chi connectivity index (χ1v) is 3.43. The molecule has 0 aliphatic carbocycles. The molecule has 0 aliphatic heterocycles. The predicted octanol–water partition coefficient (Wildman–Crippen LogP) is 0.621. The molecule has 0 amide bonds. The topological polar surface area (TPSA) is 79.8 Å². The van der Waals surface area contributed by atoms with Crippen LogP contribution in [0.4, 0.5) is 5.82 Å². The highest BCUT2D eigenvalue weighted by molar-refractivity contribution is 6.45. The predicted molar refractivity (Wildman–Crippen MR) is 46.2 cm³/mol. The maximum Gasteiger partial charge on any atom is 0.178 e. The van der Waals surface area contributed by atoms with E-state index in [4.69, 9.17) is 11.1 Å². The van der Waals surface area contributed by atoms with Gasteiger partial charge in [0.05, 0.1) is 0 Å². The van der Waals surface area contributed by atoms with Crippen LogP contribution in [0.3, 0.4) is 0 Å². The molecule has 1 rings (SSSR count). The third-order valence-electron chi connectivity index (χ3n) is 1.46. The maximum absolute atomic E-state index is 10.8. The Hall–Kier alpha value is -1.71. The Labute approximate surface area is 69.9 Å². The summed E-state index contributed by atoms with van der Waals surface area (Å²) >= 11 is 0. The van der Waals surface area contributed by atoms with Crippen LogP contribution >= 0.6 is 0 Å². The van der Waals surface area contributed by atoms with Crippen LogP contribution in [-0.2, 0) is 4.79 Å². The van der Waals surface area contributed by atoms with E-state index in [1.807, 2.05) is 0 Å². The summed E-state index contributed by atoms with van der Waals surface area (Å²) in [7, 11) is 0. The van der Waals surface area contributed by atoms with Gasteiger partial charge in [-0.3, -0.25) is 10.2 Å². The van der Waals surface area contributed by atoms with E-state index >= 15 is 0 Å². The average Bonchev–Trinajstić information content (AvgIpc) is 2.04. The van der Waals surface area contributed by atoms with Crippen molar-refractivity contribution in [2.75, 3.05) is 5.73 Å². The molecule has 0 saturated carbocycles. The summed E-state index contributed by atoms with van der Waals surface area (Å²) < 4.78 is 0. The van der Waals surface area contributed by atoms with Gasteiger partial charge in [0.2, 0.25) is 0 Å². The number of nitrogens with two attached hydrogens (primary N) is 1. The van der Waals surface area contributed by atoms with E-state index in [0.717, 1.165) is 0 Å². The number of Topliss-reactive ketones (excluding diaryl/α,β-unsaturated/α-hetero) is 1. The molecule has 0 aromatic carbocycles. The SMILES string of the molecule is CC(=O)C(=N)c1cccnc1N. The Morgan fingerprint density at radius 1 is 1.67 bits per heavy atom. The summed E-state index contributed by atoms with van der Waals surface area (Å²) in [5.41, 5.74) is 5.75. The van der Waals surface area contributed by atoms with E-state index in [9.17, 15) is 4.79 Å². The molecule has 4 nitrogen and oxygen atoms in total. The van der Waals surface area contributed by atoms with Crippen molar-refractivity contribution >= 4 is 17.3 Å². The third kappa shape index (κ3) is 1.47. The number of aromatic nitrogens is 1. The number of ketones is 1. The Bertz CT molecular complexity index is 333. The van der Waals surface area contributed by atoms with Gasteiger partial charge in [0.15, 0.2) is 5.78 Å². The lowest BCUT2D eigenvalue weighted by Gasteiger charge is -2.01. The Morgan fingerprint density at radius 2 is 2.33 bits per heavy atom. The smallest absolute Gasteiger partial charge is 0.178 e. The number of nitrogens with zero attached hydrogens (tertiary/aromatic N) is 1. The van der Waals surface area contributed by atoms with Crippen molar-refractivity contribution in [1.29, 1.82) is 5.41 Å². The molecule has 3 N–H and O–H groups in total. The van der Waals surface area contributed by atoms with Crippen molar-refractivity contribution in [2.45, 2.75) is 6.92 Å². The van der Waals surface area contributed by atoms with Crippen LogP contribution in [-0.4, -0.2) is 16.5 Å². The number of carbonyl (C=O) groups is 1. The van der Waals surface area contributed by atoms with Gasteiger partial charge >= 0.3 is 0 Å². The van der Waals surface area contributed by atoms with Crippen molar-refractivity contribution in [3.05, 3.63) is 23.9 Å². The molecule has 0 atom stereocenters. The van der Waals surface area contributed by atoms with Crippen molar-refractivity contribution in [3.63, 3.8) is 0 Å². The van der Waals surface area contributed by atoms with Crippen molar-refractivity contribution in [3.8, 4) is 0 Å². The summed E-state index contributed by atoms with van der Waals surface area (Å²) in [6.45, 7) is 1.33. The van der Waals surface area contributed by atoms with Gasteiger partial charge in [-0.15, -0.1) is 0 Å². The maximum atomic E-state index is 10.8. The average molecular weight is 163 g/mol. The second-order valence-electron chi connectivity index (χ2n) is 2.37. The zero-order valence-electron chi connectivity index (χ0n) is 6.66. The minimum atomic E-state index is -0.310. The fourth-order valence-corrected chi connectivity index (χ4v) is 0.819. The van der Waals surface area contributed by atoms with Crippen LogP contribution < -0.4 is 5.73 Å². The van der Waals surface area contributed by atoms with Crippen LogP contribution in [0.15, 0.2) is 18.3 Å². The highest BCUT2D eigenvalue weighted by Crippen LogP contribution is 2.07. The number of pyridine rings is 1. The molecule has 0 spiro atoms. The molecular weight excluding hydrogens is 154 g/mol. The molecule has 0 aliphatic rings. The van der Waals surface area contributed by atoms with E-state index in [1.165, 1.54) is 13.1 Å². The largest absolute Gasteiger partial charge is 0.383 e. The molecule has 1 aromatic rings. The summed E-state index contributed by atoms with van der Waals surface area (Å²) in [5, 5.41) is 7.36. The lowest BCUT2D eigenvalue weighted by molar-refractivity contribution is -0.111. The monoisotopic (exact) mass is 163 g/mol. The Kier molecular flexibility index (Phi) is 2.19. The number of anilines is 1. The zero-order valence-corrected chi connectivity index (χ0v) is 6.66. The highest BCUT2D eigenvalue weighted by atomic mass is 16.1. The Morgan fingerprint density at radius 3 is 2.83 bits per heavy atom. The first-order valence-electron chi connectivity index (χ1n) is 3.43. The normalized spacial score (nSPS) is 9.42. The van der Waals surface area contributed by atoms with Crippen LogP contribution in [0.25, 0.3) is 0 Å². The van der Waals surface area contributed by atoms with Crippen molar-refractivity contribution in [2.24, 2.45) is 0 Å². The van der Waals surface area contributed by atoms with Gasteiger partial charge in [0.25, 0.3) is 0 Å². The number of hydrogen-bond acceptors (Lipinski definition) is 4. The molecule has 0 fully saturated rings. The van der Waals surface area contributed by atoms with Crippen LogP contribution in [0.5, 0.6) is 0 Å². The van der Waals surface area contributed by atoms with Gasteiger partial charge in [-0.2, -0.15) is 0 Å². The molecule has 1 heterocycles. The molecule has 0 saturated heterocycles. The molecule has 0 unspecified atom stereocenters. The number of hydrogen-bond donors (Lipinski definition) is 2. The van der Waals surface area contributed by atoms with Gasteiger partial charge in [0.1, 0.15) is 11.5 Å². The van der Waals surface area contributed by atoms with E-state index in [0.29, 0.717) is 5.56 Å². The van der Waals surface area contributed by atoms with Crippen LogP contribution in [0, 0.1) is 5.41 Å². The van der Waals surface area contributed by atoms with E-state index in [1.54, 1.807) is 12.1 Å². The molecule has 0 radical (unpaired) electrons. The van der Waals surface area contributed by atoms with Crippen LogP contribution in [0.2, 0.25) is 0 Å². The molecule has 62 valence electrons. The lowest BCUT2D eigenvalue weighted by atomic mass is 10.1. The van der Waals surface area contributed by atoms with Gasteiger partial charge in [-0.1, -0.05) is 0 Å². The van der Waals surface area contributed by atoms with E-state index in [2.05, 4.69) is 4.98 Å². The lowest BCUT2D eigenvalue weighted by Crippen LogP contribution is -2.12. The third-order valence-corrected chi connectivity index (χ3v) is 1.46. The summed E-state index contributed by atoms with van der Waals surface area (Å²) in [6.07, 6.45) is 1.52. The second kappa shape index (κ2) is 3.13. The molecule has 1 aromatic heterocycles. The van der Waals surface area contributed by atoms with E-state index in [-0.39, 0.29) is 17.3 Å². The Balaban J connectivity index is 3.11. The highest BCUT2D eigenvalue weighted by Gasteiger charge is 2.09. The second-order valence-corrected chi connectivity index (χ2v) is 2.37. The number of rotatable bonds is 2. The fourth-order valence-electron chi connectivity index (χ4n) is 0.819. The summed E-state index contributed by atoms with van der Waals surface area (Å²) in [5.74, 6) is -0.0904. The molecule has 4 heteroatoms. The first-order chi connectivity index (χ1) is 5.63. The van der Waals surface area contributed by atoms with E-state index < -0.39 is 0 Å². The van der Waals surface area contributed by atoms with Gasteiger partial charge in [0, 0.05) is 18.7 Å². The number of nitrogens with one attached hydrogen (secondary N) is 1. The summed E-state index contributed by atoms with van der Waals surface area (Å²) in [6, 6.07) is 3.25. The minimum Gasteiger partial charge on any atom is -0.383 e. The number of nitrogen functional groups attached to an aromatic ring is 1. The summed E-state index contributed by atoms with van der Waals surface area (Å²) in [4.78, 5) is 14.6. The standard InChI is InChI=1S/C8H9N3O/c1-5(12)7(9)6-3-2-4-11-8(6)10/h2-4,9H,1H3,(H2,10,11). The zero-order chi connectivity index (χ0) is 9.14. The minimum absolute atomic E-state index is 0.0967. The number of carbonyl (C=O) groups excluding carboxylic acids is 1. The molecule has 0 bridgehead atoms. The molecular formula is C8H9N3O. The van der Waals surface area contributed by atoms with Gasteiger partial charge < -0.3 is 5.73 Å². The van der Waals surface area contributed by atoms with Gasteiger partial charge in [-0.25, -0.2) is 4.98 Å². The first kappa shape index (κ1) is 8.39. The van der Waals surface area contributed by atoms with Gasteiger partial charge in [-0.05, 0) is 12.1 Å². The van der Waals surface area contributed by atoms with Crippen molar-refractivity contribution in [1.82, 2.24) is 4.98 Å².